The molecule has 0 atom stereocenters. The Balaban J connectivity index is 1.58. The van der Waals surface area contributed by atoms with E-state index < -0.39 is 0 Å². The van der Waals surface area contributed by atoms with Gasteiger partial charge in [0.15, 0.2) is 0 Å². The fraction of sp³-hybridized carbons (Fsp3) is 0.0455. The van der Waals surface area contributed by atoms with Gasteiger partial charge >= 0.3 is 0 Å². The summed E-state index contributed by atoms with van der Waals surface area (Å²) in [6.07, 6.45) is 3.87. The third-order valence-corrected chi connectivity index (χ3v) is 4.99. The summed E-state index contributed by atoms with van der Waals surface area (Å²) >= 11 is 1.56. The van der Waals surface area contributed by atoms with Gasteiger partial charge < -0.3 is 0 Å². The molecule has 5 nitrogen and oxygen atoms in total. The fourth-order valence-corrected chi connectivity index (χ4v) is 3.50. The molecule has 28 heavy (non-hydrogen) atoms. The summed E-state index contributed by atoms with van der Waals surface area (Å²) in [5.74, 6) is -0.143. The standard InChI is InChI=1S/C22H18N4OS/c27-21(14-20-12-7-13-28-20)24-23-15-18-16-26(19-10-5-2-6-11-19)25-22(18)17-8-3-1-4-9-17/h1-13,15-16H,14H2,(H,24,27)/b23-15+. The van der Waals surface area contributed by atoms with Gasteiger partial charge in [0.25, 0.3) is 0 Å². The first-order valence-electron chi connectivity index (χ1n) is 8.84. The van der Waals surface area contributed by atoms with Gasteiger partial charge in [-0.1, -0.05) is 54.6 Å². The van der Waals surface area contributed by atoms with Crippen molar-refractivity contribution in [3.05, 3.63) is 94.8 Å². The molecular weight excluding hydrogens is 368 g/mol. The van der Waals surface area contributed by atoms with E-state index in [4.69, 9.17) is 5.10 Å². The number of carbonyl (C=O) groups is 1. The molecule has 0 aliphatic heterocycles. The molecule has 0 unspecified atom stereocenters. The van der Waals surface area contributed by atoms with Crippen LogP contribution < -0.4 is 5.43 Å². The van der Waals surface area contributed by atoms with Gasteiger partial charge in [0, 0.05) is 22.2 Å². The van der Waals surface area contributed by atoms with E-state index in [1.165, 1.54) is 0 Å². The van der Waals surface area contributed by atoms with Crippen LogP contribution in [0.2, 0.25) is 0 Å². The van der Waals surface area contributed by atoms with Crippen molar-refractivity contribution in [3.63, 3.8) is 0 Å². The highest BCUT2D eigenvalue weighted by atomic mass is 32.1. The third-order valence-electron chi connectivity index (χ3n) is 4.12. The van der Waals surface area contributed by atoms with Gasteiger partial charge in [-0.3, -0.25) is 4.79 Å². The van der Waals surface area contributed by atoms with Gasteiger partial charge in [0.2, 0.25) is 5.91 Å². The van der Waals surface area contributed by atoms with Crippen molar-refractivity contribution in [2.45, 2.75) is 6.42 Å². The number of hydrogen-bond donors (Lipinski definition) is 1. The lowest BCUT2D eigenvalue weighted by atomic mass is 10.1. The molecule has 2 heterocycles. The quantitative estimate of drug-likeness (QED) is 0.397. The second-order valence-electron chi connectivity index (χ2n) is 6.13. The van der Waals surface area contributed by atoms with Crippen molar-refractivity contribution in [1.82, 2.24) is 15.2 Å². The van der Waals surface area contributed by atoms with Gasteiger partial charge in [-0.05, 0) is 23.6 Å². The summed E-state index contributed by atoms with van der Waals surface area (Å²) in [4.78, 5) is 13.1. The lowest BCUT2D eigenvalue weighted by Crippen LogP contribution is -2.19. The largest absolute Gasteiger partial charge is 0.273 e. The van der Waals surface area contributed by atoms with E-state index in [0.717, 1.165) is 27.4 Å². The van der Waals surface area contributed by atoms with E-state index >= 15 is 0 Å². The van der Waals surface area contributed by atoms with Crippen LogP contribution in [0, 0.1) is 0 Å². The molecule has 0 spiro atoms. The molecule has 4 rings (SSSR count). The number of carbonyl (C=O) groups excluding carboxylic acids is 1. The van der Waals surface area contributed by atoms with E-state index in [-0.39, 0.29) is 5.91 Å². The minimum Gasteiger partial charge on any atom is -0.273 e. The highest BCUT2D eigenvalue weighted by molar-refractivity contribution is 7.10. The van der Waals surface area contributed by atoms with Crippen LogP contribution in [0.15, 0.2) is 89.5 Å². The Labute approximate surface area is 167 Å². The number of nitrogens with one attached hydrogen (secondary N) is 1. The maximum atomic E-state index is 12.0. The molecule has 0 saturated heterocycles. The first-order chi connectivity index (χ1) is 13.8. The number of hydrazone groups is 1. The van der Waals surface area contributed by atoms with Crippen molar-refractivity contribution in [3.8, 4) is 16.9 Å². The van der Waals surface area contributed by atoms with Crippen LogP contribution in [0.1, 0.15) is 10.4 Å². The minimum atomic E-state index is -0.143. The van der Waals surface area contributed by atoms with Crippen LogP contribution >= 0.6 is 11.3 Å². The molecule has 2 aromatic heterocycles. The number of hydrogen-bond acceptors (Lipinski definition) is 4. The zero-order chi connectivity index (χ0) is 19.2. The predicted octanol–water partition coefficient (Wildman–Crippen LogP) is 4.29. The van der Waals surface area contributed by atoms with Crippen LogP contribution in [0.4, 0.5) is 0 Å². The Hall–Kier alpha value is -3.51. The summed E-state index contributed by atoms with van der Waals surface area (Å²) in [7, 11) is 0. The van der Waals surface area contributed by atoms with E-state index in [0.29, 0.717) is 6.42 Å². The van der Waals surface area contributed by atoms with E-state index in [1.807, 2.05) is 89.1 Å². The molecule has 0 radical (unpaired) electrons. The molecule has 2 aromatic carbocycles. The molecular formula is C22H18N4OS. The van der Waals surface area contributed by atoms with Crippen LogP contribution in [-0.2, 0) is 11.2 Å². The van der Waals surface area contributed by atoms with Gasteiger partial charge in [-0.25, -0.2) is 10.1 Å². The SMILES string of the molecule is O=C(Cc1cccs1)N/N=C/c1cn(-c2ccccc2)nc1-c1ccccc1. The summed E-state index contributed by atoms with van der Waals surface area (Å²) in [6.45, 7) is 0. The van der Waals surface area contributed by atoms with Crippen molar-refractivity contribution in [2.24, 2.45) is 5.10 Å². The van der Waals surface area contributed by atoms with Gasteiger partial charge in [0.05, 0.1) is 18.3 Å². The average Bonchev–Trinajstić information content (AvgIpc) is 3.39. The van der Waals surface area contributed by atoms with Crippen LogP contribution in [-0.4, -0.2) is 21.9 Å². The van der Waals surface area contributed by atoms with Gasteiger partial charge in [-0.2, -0.15) is 10.2 Å². The smallest absolute Gasteiger partial charge is 0.245 e. The Morgan fingerprint density at radius 1 is 1.04 bits per heavy atom. The highest BCUT2D eigenvalue weighted by Crippen LogP contribution is 2.22. The third kappa shape index (κ3) is 4.24. The maximum Gasteiger partial charge on any atom is 0.245 e. The topological polar surface area (TPSA) is 59.3 Å². The number of benzene rings is 2. The Bertz CT molecular complexity index is 1070. The van der Waals surface area contributed by atoms with Crippen molar-refractivity contribution in [2.75, 3.05) is 0 Å². The molecule has 0 aliphatic carbocycles. The number of thiophene rings is 1. The normalized spacial score (nSPS) is 11.0. The zero-order valence-electron chi connectivity index (χ0n) is 15.0. The zero-order valence-corrected chi connectivity index (χ0v) is 15.8. The molecule has 0 bridgehead atoms. The van der Waals surface area contributed by atoms with Gasteiger partial charge in [-0.15, -0.1) is 11.3 Å². The van der Waals surface area contributed by atoms with Crippen LogP contribution in [0.25, 0.3) is 16.9 Å². The summed E-state index contributed by atoms with van der Waals surface area (Å²) in [6, 6.07) is 23.7. The number of rotatable bonds is 6. The lowest BCUT2D eigenvalue weighted by Gasteiger charge is -2.00. The van der Waals surface area contributed by atoms with Crippen LogP contribution in [0.5, 0.6) is 0 Å². The molecule has 0 saturated carbocycles. The molecule has 0 fully saturated rings. The first kappa shape index (κ1) is 17.9. The Morgan fingerprint density at radius 3 is 2.50 bits per heavy atom. The minimum absolute atomic E-state index is 0.143. The van der Waals surface area contributed by atoms with Gasteiger partial charge in [0.1, 0.15) is 5.69 Å². The lowest BCUT2D eigenvalue weighted by molar-refractivity contribution is -0.120. The molecule has 138 valence electrons. The number of para-hydroxylation sites is 1. The average molecular weight is 386 g/mol. The molecule has 0 aliphatic rings. The summed E-state index contributed by atoms with van der Waals surface area (Å²) < 4.78 is 1.82. The van der Waals surface area contributed by atoms with E-state index in [1.54, 1.807) is 17.6 Å². The number of amides is 1. The highest BCUT2D eigenvalue weighted by Gasteiger charge is 2.11. The fourth-order valence-electron chi connectivity index (χ4n) is 2.80. The second-order valence-corrected chi connectivity index (χ2v) is 7.16. The molecule has 6 heteroatoms. The van der Waals surface area contributed by atoms with E-state index in [2.05, 4.69) is 10.5 Å². The Kier molecular flexibility index (Phi) is 5.40. The van der Waals surface area contributed by atoms with Crippen molar-refractivity contribution < 1.29 is 4.79 Å². The van der Waals surface area contributed by atoms with Crippen LogP contribution in [0.3, 0.4) is 0 Å². The first-order valence-corrected chi connectivity index (χ1v) is 9.72. The maximum absolute atomic E-state index is 12.0. The number of aromatic nitrogens is 2. The Morgan fingerprint density at radius 2 is 1.79 bits per heavy atom. The molecule has 4 aromatic rings. The number of nitrogens with zero attached hydrogens (tertiary/aromatic N) is 3. The van der Waals surface area contributed by atoms with E-state index in [9.17, 15) is 4.79 Å². The monoisotopic (exact) mass is 386 g/mol. The summed E-state index contributed by atoms with van der Waals surface area (Å²) in [5, 5.41) is 10.8. The second kappa shape index (κ2) is 8.45. The molecule has 1 N–H and O–H groups in total. The summed E-state index contributed by atoms with van der Waals surface area (Å²) in [5.41, 5.74) is 6.18. The van der Waals surface area contributed by atoms with Crippen molar-refractivity contribution in [1.29, 1.82) is 0 Å². The predicted molar refractivity (Wildman–Crippen MR) is 113 cm³/mol. The van der Waals surface area contributed by atoms with Crippen molar-refractivity contribution >= 4 is 23.5 Å². The molecule has 1 amide bonds.